The lowest BCUT2D eigenvalue weighted by Crippen LogP contribution is -2.28. The highest BCUT2D eigenvalue weighted by Gasteiger charge is 2.32. The van der Waals surface area contributed by atoms with Crippen LogP contribution in [0, 0.1) is 5.82 Å². The minimum absolute atomic E-state index is 0.0471. The van der Waals surface area contributed by atoms with Crippen molar-refractivity contribution < 1.29 is 19.1 Å². The van der Waals surface area contributed by atoms with Gasteiger partial charge in [0.15, 0.2) is 5.17 Å². The Morgan fingerprint density at radius 3 is 2.63 bits per heavy atom. The maximum Gasteiger partial charge on any atom is 0.240 e. The topological polar surface area (TPSA) is 103 Å². The van der Waals surface area contributed by atoms with Gasteiger partial charge in [-0.2, -0.15) is 5.10 Å². The molecule has 0 saturated carbocycles. The van der Waals surface area contributed by atoms with Gasteiger partial charge >= 0.3 is 0 Å². The van der Waals surface area contributed by atoms with E-state index in [2.05, 4.69) is 20.8 Å². The van der Waals surface area contributed by atoms with Gasteiger partial charge in [0.1, 0.15) is 16.8 Å². The van der Waals surface area contributed by atoms with Crippen LogP contribution in [0.4, 0.5) is 10.1 Å². The molecule has 1 saturated heterocycles. The van der Waals surface area contributed by atoms with Crippen molar-refractivity contribution in [3.8, 4) is 5.75 Å². The number of nitrogens with zero attached hydrogens (tertiary/aromatic N) is 2. The van der Waals surface area contributed by atoms with Crippen LogP contribution >= 0.6 is 11.8 Å². The molecular formula is C18H15FN4O3S. The highest BCUT2D eigenvalue weighted by atomic mass is 32.2. The fourth-order valence-electron chi connectivity index (χ4n) is 2.21. The number of phenolic OH excluding ortho intramolecular Hbond substituents is 1. The van der Waals surface area contributed by atoms with Crippen molar-refractivity contribution >= 4 is 40.6 Å². The monoisotopic (exact) mass is 386 g/mol. The summed E-state index contributed by atoms with van der Waals surface area (Å²) >= 11 is 1.11. The number of amidine groups is 1. The second kappa shape index (κ2) is 8.45. The Hall–Kier alpha value is -3.20. The molecule has 2 aromatic rings. The van der Waals surface area contributed by atoms with Gasteiger partial charge in [-0.3, -0.25) is 9.59 Å². The lowest BCUT2D eigenvalue weighted by molar-refractivity contribution is -0.122. The molecule has 0 spiro atoms. The molecule has 9 heteroatoms. The van der Waals surface area contributed by atoms with Crippen molar-refractivity contribution in [1.82, 2.24) is 5.32 Å². The van der Waals surface area contributed by atoms with Gasteiger partial charge in [-0.25, -0.2) is 4.39 Å². The van der Waals surface area contributed by atoms with Crippen LogP contribution in [0.1, 0.15) is 12.0 Å². The maximum absolute atomic E-state index is 12.9. The Labute approximate surface area is 158 Å². The van der Waals surface area contributed by atoms with Crippen LogP contribution in [0.2, 0.25) is 0 Å². The average Bonchev–Trinajstić information content (AvgIpc) is 2.98. The summed E-state index contributed by atoms with van der Waals surface area (Å²) in [6, 6.07) is 11.8. The zero-order valence-electron chi connectivity index (χ0n) is 13.9. The Morgan fingerprint density at radius 2 is 1.93 bits per heavy atom. The summed E-state index contributed by atoms with van der Waals surface area (Å²) in [7, 11) is 0. The number of nitrogens with one attached hydrogen (secondary N) is 2. The van der Waals surface area contributed by atoms with E-state index in [0.29, 0.717) is 10.9 Å². The van der Waals surface area contributed by atoms with Crippen molar-refractivity contribution in [2.45, 2.75) is 11.7 Å². The molecule has 1 aliphatic rings. The third kappa shape index (κ3) is 5.38. The first-order valence-corrected chi connectivity index (χ1v) is 8.80. The van der Waals surface area contributed by atoms with E-state index < -0.39 is 11.1 Å². The first-order valence-electron chi connectivity index (χ1n) is 7.92. The predicted molar refractivity (Wildman–Crippen MR) is 102 cm³/mol. The number of aromatic hydroxyl groups is 1. The number of benzene rings is 2. The van der Waals surface area contributed by atoms with Gasteiger partial charge in [0.25, 0.3) is 0 Å². The maximum atomic E-state index is 12.9. The van der Waals surface area contributed by atoms with Crippen molar-refractivity contribution in [3.63, 3.8) is 0 Å². The first-order chi connectivity index (χ1) is 13.0. The minimum atomic E-state index is -0.618. The number of hydrogen-bond acceptors (Lipinski definition) is 6. The van der Waals surface area contributed by atoms with E-state index in [0.717, 1.165) is 17.3 Å². The molecule has 1 heterocycles. The Balaban J connectivity index is 1.54. The zero-order valence-corrected chi connectivity index (χ0v) is 14.7. The average molecular weight is 386 g/mol. The molecule has 3 N–H and O–H groups in total. The van der Waals surface area contributed by atoms with Gasteiger partial charge in [0, 0.05) is 12.1 Å². The van der Waals surface area contributed by atoms with Gasteiger partial charge in [-0.05, 0) is 54.1 Å². The number of thioether (sulfide) groups is 1. The van der Waals surface area contributed by atoms with Crippen LogP contribution < -0.4 is 10.6 Å². The number of carbonyl (C=O) groups excluding carboxylic acids is 2. The number of amides is 2. The predicted octanol–water partition coefficient (Wildman–Crippen LogP) is 2.48. The quantitative estimate of drug-likeness (QED) is 0.543. The molecule has 3 rings (SSSR count). The fourth-order valence-corrected chi connectivity index (χ4v) is 3.13. The van der Waals surface area contributed by atoms with E-state index in [1.165, 1.54) is 42.6 Å². The van der Waals surface area contributed by atoms with E-state index in [9.17, 15) is 19.1 Å². The van der Waals surface area contributed by atoms with Crippen LogP contribution in [0.25, 0.3) is 0 Å². The third-order valence-corrected chi connectivity index (χ3v) is 4.60. The summed E-state index contributed by atoms with van der Waals surface area (Å²) in [5, 5.41) is 21.9. The first kappa shape index (κ1) is 18.6. The summed E-state index contributed by atoms with van der Waals surface area (Å²) in [4.78, 5) is 24.0. The molecular weight excluding hydrogens is 371 g/mol. The van der Waals surface area contributed by atoms with Gasteiger partial charge < -0.3 is 15.7 Å². The number of rotatable bonds is 5. The summed E-state index contributed by atoms with van der Waals surface area (Å²) in [5.41, 5.74) is 1.19. The Morgan fingerprint density at radius 1 is 1.22 bits per heavy atom. The van der Waals surface area contributed by atoms with Gasteiger partial charge in [-0.15, -0.1) is 5.10 Å². The molecule has 27 heavy (non-hydrogen) atoms. The molecule has 1 aliphatic heterocycles. The fraction of sp³-hybridized carbons (Fsp3) is 0.111. The normalized spacial score (nSPS) is 18.0. The number of phenols is 1. The van der Waals surface area contributed by atoms with Crippen LogP contribution in [-0.2, 0) is 9.59 Å². The van der Waals surface area contributed by atoms with E-state index in [-0.39, 0.29) is 24.0 Å². The van der Waals surface area contributed by atoms with Crippen LogP contribution in [0.5, 0.6) is 5.75 Å². The molecule has 0 radical (unpaired) electrons. The summed E-state index contributed by atoms with van der Waals surface area (Å²) in [6.45, 7) is 0. The van der Waals surface area contributed by atoms with Gasteiger partial charge in [0.05, 0.1) is 6.21 Å². The standard InChI is InChI=1S/C18H15FN4O3S/c19-12-3-5-13(6-4-12)21-16(25)9-15-17(26)22-18(27-15)23-20-10-11-1-7-14(24)8-2-11/h1-8,10,15,24H,9H2,(H,21,25)(H,22,23,26)/b20-10+. The zero-order chi connectivity index (χ0) is 19.2. The number of anilines is 1. The Kier molecular flexibility index (Phi) is 5.82. The largest absolute Gasteiger partial charge is 0.508 e. The SMILES string of the molecule is O=C(CC1S/C(=N/N=C/c2ccc(O)cc2)NC1=O)Nc1ccc(F)cc1. The third-order valence-electron chi connectivity index (χ3n) is 3.52. The Bertz CT molecular complexity index is 898. The lowest BCUT2D eigenvalue weighted by Gasteiger charge is -2.07. The van der Waals surface area contributed by atoms with Crippen molar-refractivity contribution in [1.29, 1.82) is 0 Å². The summed E-state index contributed by atoms with van der Waals surface area (Å²) in [5.74, 6) is -0.929. The molecule has 1 fully saturated rings. The molecule has 0 bridgehead atoms. The van der Waals surface area contributed by atoms with E-state index in [1.807, 2.05) is 0 Å². The lowest BCUT2D eigenvalue weighted by atomic mass is 10.2. The van der Waals surface area contributed by atoms with Crippen LogP contribution in [-0.4, -0.2) is 33.6 Å². The van der Waals surface area contributed by atoms with E-state index in [4.69, 9.17) is 0 Å². The molecule has 0 aromatic heterocycles. The molecule has 2 amide bonds. The van der Waals surface area contributed by atoms with Crippen LogP contribution in [0.15, 0.2) is 58.7 Å². The number of hydrogen-bond donors (Lipinski definition) is 3. The van der Waals surface area contributed by atoms with E-state index >= 15 is 0 Å². The smallest absolute Gasteiger partial charge is 0.240 e. The van der Waals surface area contributed by atoms with Gasteiger partial charge in [-0.1, -0.05) is 11.8 Å². The summed E-state index contributed by atoms with van der Waals surface area (Å²) in [6.07, 6.45) is 1.43. The number of halogens is 1. The highest BCUT2D eigenvalue weighted by molar-refractivity contribution is 8.15. The van der Waals surface area contributed by atoms with E-state index in [1.54, 1.807) is 12.1 Å². The van der Waals surface area contributed by atoms with Crippen LogP contribution in [0.3, 0.4) is 0 Å². The molecule has 0 aliphatic carbocycles. The van der Waals surface area contributed by atoms with Crippen molar-refractivity contribution in [2.75, 3.05) is 5.32 Å². The molecule has 1 atom stereocenters. The van der Waals surface area contributed by atoms with Crippen molar-refractivity contribution in [3.05, 3.63) is 59.9 Å². The van der Waals surface area contributed by atoms with Gasteiger partial charge in [0.2, 0.25) is 11.8 Å². The molecule has 1 unspecified atom stereocenters. The molecule has 138 valence electrons. The van der Waals surface area contributed by atoms with Crippen molar-refractivity contribution in [2.24, 2.45) is 10.2 Å². The second-order valence-electron chi connectivity index (χ2n) is 5.60. The summed E-state index contributed by atoms with van der Waals surface area (Å²) < 4.78 is 12.9. The second-order valence-corrected chi connectivity index (χ2v) is 6.79. The number of carbonyl (C=O) groups is 2. The molecule has 7 nitrogen and oxygen atoms in total. The minimum Gasteiger partial charge on any atom is -0.508 e. The highest BCUT2D eigenvalue weighted by Crippen LogP contribution is 2.23. The molecule has 2 aromatic carbocycles.